The number of nitrogens with one attached hydrogen (secondary N) is 1. The van der Waals surface area contributed by atoms with Crippen molar-refractivity contribution < 1.29 is 37.7 Å². The zero-order chi connectivity index (χ0) is 24.5. The molecule has 8 nitrogen and oxygen atoms in total. The van der Waals surface area contributed by atoms with Crippen molar-refractivity contribution in [3.8, 4) is 28.5 Å². The van der Waals surface area contributed by atoms with Gasteiger partial charge in [-0.15, -0.1) is 0 Å². The van der Waals surface area contributed by atoms with Gasteiger partial charge in [0.15, 0.2) is 17.1 Å². The molecule has 174 valence electrons. The average molecular weight is 528 g/mol. The number of rotatable bonds is 3. The van der Waals surface area contributed by atoms with Crippen LogP contribution in [-0.2, 0) is 4.79 Å². The highest BCUT2D eigenvalue weighted by Crippen LogP contribution is 2.41. The molecule has 33 heavy (non-hydrogen) atoms. The molecule has 0 fully saturated rings. The lowest BCUT2D eigenvalue weighted by molar-refractivity contribution is -0.192. The molecule has 0 radical (unpaired) electrons. The number of phenols is 1. The predicted octanol–water partition coefficient (Wildman–Crippen LogP) is 5.21. The van der Waals surface area contributed by atoms with Crippen molar-refractivity contribution in [2.75, 3.05) is 14.2 Å². The standard InChI is InChI=1S/C19H16BrN3O3.C2HF3O2/c1-9-17-11-7-15(25-2)16(26-3)8-12(11)18(21-19(17)23-22-9)10-4-5-14(24)13(20)6-10;3-2(4,5)1(6)7/h4-8,24H,1-3H3,(H,21,22,23);(H,6,7). The number of aryl methyl sites for hydroxylation is 1. The fourth-order valence-electron chi connectivity index (χ4n) is 3.14. The topological polar surface area (TPSA) is 118 Å². The van der Waals surface area contributed by atoms with Gasteiger partial charge in [0, 0.05) is 27.4 Å². The summed E-state index contributed by atoms with van der Waals surface area (Å²) in [6, 6.07) is 9.15. The van der Waals surface area contributed by atoms with E-state index in [1.54, 1.807) is 20.3 Å². The number of ether oxygens (including phenoxy) is 2. The number of fused-ring (bicyclic) bond motifs is 3. The minimum Gasteiger partial charge on any atom is -0.507 e. The minimum absolute atomic E-state index is 0.175. The van der Waals surface area contributed by atoms with Crippen molar-refractivity contribution in [2.24, 2.45) is 0 Å². The lowest BCUT2D eigenvalue weighted by Gasteiger charge is -2.13. The molecule has 0 bridgehead atoms. The number of pyridine rings is 1. The smallest absolute Gasteiger partial charge is 0.490 e. The molecule has 2 heterocycles. The van der Waals surface area contributed by atoms with Crippen LogP contribution >= 0.6 is 15.9 Å². The Bertz CT molecular complexity index is 1350. The molecule has 0 saturated heterocycles. The lowest BCUT2D eigenvalue weighted by atomic mass is 10.00. The lowest BCUT2D eigenvalue weighted by Crippen LogP contribution is -2.21. The van der Waals surface area contributed by atoms with Gasteiger partial charge in [0.1, 0.15) is 5.75 Å². The van der Waals surface area contributed by atoms with E-state index in [-0.39, 0.29) is 5.75 Å². The van der Waals surface area contributed by atoms with E-state index < -0.39 is 12.1 Å². The van der Waals surface area contributed by atoms with Gasteiger partial charge in [-0.2, -0.15) is 18.3 Å². The first-order valence-electron chi connectivity index (χ1n) is 9.17. The van der Waals surface area contributed by atoms with E-state index in [9.17, 15) is 18.3 Å². The Morgan fingerprint density at radius 2 is 1.67 bits per heavy atom. The molecule has 4 rings (SSSR count). The van der Waals surface area contributed by atoms with Crippen molar-refractivity contribution in [3.63, 3.8) is 0 Å². The number of hydrogen-bond donors (Lipinski definition) is 3. The summed E-state index contributed by atoms with van der Waals surface area (Å²) in [7, 11) is 3.22. The van der Waals surface area contributed by atoms with E-state index in [0.717, 1.165) is 33.1 Å². The van der Waals surface area contributed by atoms with Crippen molar-refractivity contribution in [1.82, 2.24) is 15.2 Å². The number of phenolic OH excluding ortho intramolecular Hbond substituents is 1. The molecule has 0 amide bonds. The van der Waals surface area contributed by atoms with Gasteiger partial charge in [-0.25, -0.2) is 9.78 Å². The first kappa shape index (κ1) is 24.1. The Morgan fingerprint density at radius 1 is 1.09 bits per heavy atom. The van der Waals surface area contributed by atoms with E-state index in [0.29, 0.717) is 21.6 Å². The van der Waals surface area contributed by atoms with Crippen LogP contribution in [0.3, 0.4) is 0 Å². The normalized spacial score (nSPS) is 11.2. The maximum atomic E-state index is 10.6. The van der Waals surface area contributed by atoms with Crippen LogP contribution < -0.4 is 9.47 Å². The van der Waals surface area contributed by atoms with E-state index in [4.69, 9.17) is 24.4 Å². The van der Waals surface area contributed by atoms with Crippen LogP contribution in [0.1, 0.15) is 5.69 Å². The quantitative estimate of drug-likeness (QED) is 0.335. The second-order valence-corrected chi connectivity index (χ2v) is 7.58. The van der Waals surface area contributed by atoms with Gasteiger partial charge in [0.2, 0.25) is 0 Å². The molecular weight excluding hydrogens is 511 g/mol. The number of hydrogen-bond acceptors (Lipinski definition) is 6. The molecule has 0 unspecified atom stereocenters. The Morgan fingerprint density at radius 3 is 2.18 bits per heavy atom. The Kier molecular flexibility index (Phi) is 6.68. The maximum Gasteiger partial charge on any atom is 0.490 e. The van der Waals surface area contributed by atoms with Crippen LogP contribution in [0.2, 0.25) is 0 Å². The van der Waals surface area contributed by atoms with Gasteiger partial charge >= 0.3 is 12.1 Å². The maximum absolute atomic E-state index is 10.6. The number of nitrogens with zero attached hydrogens (tertiary/aromatic N) is 2. The largest absolute Gasteiger partial charge is 0.507 e. The fraction of sp³-hybridized carbons (Fsp3) is 0.190. The third-order valence-corrected chi connectivity index (χ3v) is 5.29. The highest BCUT2D eigenvalue weighted by atomic mass is 79.9. The summed E-state index contributed by atoms with van der Waals surface area (Å²) in [6.45, 7) is 1.96. The summed E-state index contributed by atoms with van der Waals surface area (Å²) in [5, 5.41) is 27.1. The number of benzene rings is 2. The molecule has 0 spiro atoms. The molecule has 0 aliphatic rings. The van der Waals surface area contributed by atoms with Crippen LogP contribution in [0.4, 0.5) is 13.2 Å². The minimum atomic E-state index is -5.08. The third kappa shape index (κ3) is 4.80. The highest BCUT2D eigenvalue weighted by Gasteiger charge is 2.38. The van der Waals surface area contributed by atoms with Crippen LogP contribution in [0.15, 0.2) is 34.8 Å². The SMILES string of the molecule is COc1cc2c(-c3ccc(O)c(Br)c3)nc3n[nH]c(C)c3c2cc1OC.O=C(O)C(F)(F)F. The summed E-state index contributed by atoms with van der Waals surface area (Å²) < 4.78 is 43.3. The van der Waals surface area contributed by atoms with Gasteiger partial charge in [-0.05, 0) is 53.2 Å². The molecule has 3 N–H and O–H groups in total. The first-order chi connectivity index (χ1) is 15.5. The monoisotopic (exact) mass is 527 g/mol. The molecule has 0 saturated carbocycles. The van der Waals surface area contributed by atoms with Gasteiger partial charge in [0.25, 0.3) is 0 Å². The van der Waals surface area contributed by atoms with Gasteiger partial charge in [-0.3, -0.25) is 5.10 Å². The van der Waals surface area contributed by atoms with Gasteiger partial charge in [0.05, 0.1) is 24.4 Å². The van der Waals surface area contributed by atoms with E-state index in [1.165, 1.54) is 0 Å². The molecule has 0 aliphatic carbocycles. The molecule has 2 aromatic carbocycles. The number of alkyl halides is 3. The van der Waals surface area contributed by atoms with E-state index >= 15 is 0 Å². The highest BCUT2D eigenvalue weighted by molar-refractivity contribution is 9.10. The first-order valence-corrected chi connectivity index (χ1v) is 9.96. The summed E-state index contributed by atoms with van der Waals surface area (Å²) in [4.78, 5) is 13.7. The van der Waals surface area contributed by atoms with Crippen molar-refractivity contribution in [2.45, 2.75) is 13.1 Å². The number of carbonyl (C=O) groups is 1. The zero-order valence-corrected chi connectivity index (χ0v) is 19.0. The molecule has 2 aromatic heterocycles. The summed E-state index contributed by atoms with van der Waals surface area (Å²) in [5.41, 5.74) is 3.17. The number of carboxylic acids is 1. The van der Waals surface area contributed by atoms with Crippen molar-refractivity contribution in [3.05, 3.63) is 40.5 Å². The Balaban J connectivity index is 0.000000383. The van der Waals surface area contributed by atoms with E-state index in [1.807, 2.05) is 31.2 Å². The van der Waals surface area contributed by atoms with E-state index in [2.05, 4.69) is 26.1 Å². The summed E-state index contributed by atoms with van der Waals surface area (Å²) in [5.74, 6) is -1.31. The number of aromatic hydroxyl groups is 1. The van der Waals surface area contributed by atoms with Crippen LogP contribution in [0.25, 0.3) is 33.1 Å². The molecule has 12 heteroatoms. The summed E-state index contributed by atoms with van der Waals surface area (Å²) >= 11 is 3.37. The second kappa shape index (κ2) is 9.14. The number of H-pyrrole nitrogens is 1. The van der Waals surface area contributed by atoms with Gasteiger partial charge in [-0.1, -0.05) is 0 Å². The number of aromatic nitrogens is 3. The van der Waals surface area contributed by atoms with Crippen molar-refractivity contribution in [1.29, 1.82) is 0 Å². The number of methoxy groups -OCH3 is 2. The Hall–Kier alpha value is -3.54. The number of halogens is 4. The summed E-state index contributed by atoms with van der Waals surface area (Å²) in [6.07, 6.45) is -5.08. The average Bonchev–Trinajstić information content (AvgIpc) is 3.14. The van der Waals surface area contributed by atoms with Crippen LogP contribution in [0, 0.1) is 6.92 Å². The number of carboxylic acid groups (broad SMARTS) is 1. The zero-order valence-electron chi connectivity index (χ0n) is 17.4. The van der Waals surface area contributed by atoms with Crippen LogP contribution in [-0.4, -0.2) is 51.8 Å². The molecule has 4 aromatic rings. The molecular formula is C21H17BrF3N3O5. The van der Waals surface area contributed by atoms with Gasteiger partial charge < -0.3 is 19.7 Å². The molecule has 0 atom stereocenters. The van der Waals surface area contributed by atoms with Crippen molar-refractivity contribution >= 4 is 43.7 Å². The third-order valence-electron chi connectivity index (χ3n) is 4.66. The fourth-order valence-corrected chi connectivity index (χ4v) is 3.52. The van der Waals surface area contributed by atoms with Crippen LogP contribution in [0.5, 0.6) is 17.2 Å². The number of aromatic amines is 1. The Labute approximate surface area is 193 Å². The molecule has 0 aliphatic heterocycles. The second-order valence-electron chi connectivity index (χ2n) is 6.73. The number of aliphatic carboxylic acids is 1. The predicted molar refractivity (Wildman–Crippen MR) is 118 cm³/mol.